The number of aryl methyl sites for hydroxylation is 1. The number of carbonyl (C=O) groups excluding carboxylic acids is 2. The molecular formula is C21H26N2O2S. The Hall–Kier alpha value is -2.14. The molecule has 3 rings (SSSR count). The quantitative estimate of drug-likeness (QED) is 0.761. The summed E-state index contributed by atoms with van der Waals surface area (Å²) in [6.07, 6.45) is 3.94. The molecule has 0 atom stereocenters. The van der Waals surface area contributed by atoms with Gasteiger partial charge in [-0.1, -0.05) is 36.4 Å². The van der Waals surface area contributed by atoms with Gasteiger partial charge in [-0.3, -0.25) is 9.59 Å². The van der Waals surface area contributed by atoms with Crippen LogP contribution in [-0.2, 0) is 22.4 Å². The van der Waals surface area contributed by atoms with Crippen LogP contribution in [-0.4, -0.2) is 36.3 Å². The largest absolute Gasteiger partial charge is 0.356 e. The van der Waals surface area contributed by atoms with Crippen LogP contribution in [0.15, 0.2) is 47.8 Å². The highest BCUT2D eigenvalue weighted by Crippen LogP contribution is 2.19. The van der Waals surface area contributed by atoms with E-state index in [2.05, 4.69) is 17.4 Å². The minimum absolute atomic E-state index is 0.0394. The smallest absolute Gasteiger partial charge is 0.227 e. The molecule has 1 aliphatic rings. The number of likely N-dealkylation sites (tertiary alicyclic amines) is 1. The van der Waals surface area contributed by atoms with Crippen molar-refractivity contribution in [2.24, 2.45) is 5.92 Å². The summed E-state index contributed by atoms with van der Waals surface area (Å²) < 4.78 is 0. The predicted molar refractivity (Wildman–Crippen MR) is 105 cm³/mol. The molecule has 0 aliphatic carbocycles. The number of nitrogens with zero attached hydrogens (tertiary/aromatic N) is 1. The van der Waals surface area contributed by atoms with Gasteiger partial charge in [0.1, 0.15) is 0 Å². The zero-order valence-corrected chi connectivity index (χ0v) is 15.8. The number of carbonyl (C=O) groups is 2. The lowest BCUT2D eigenvalue weighted by molar-refractivity contribution is -0.135. The van der Waals surface area contributed by atoms with Gasteiger partial charge in [0.05, 0.1) is 6.42 Å². The van der Waals surface area contributed by atoms with Crippen LogP contribution < -0.4 is 5.32 Å². The van der Waals surface area contributed by atoms with Gasteiger partial charge in [-0.2, -0.15) is 0 Å². The van der Waals surface area contributed by atoms with Crippen molar-refractivity contribution < 1.29 is 9.59 Å². The lowest BCUT2D eigenvalue weighted by Gasteiger charge is -2.31. The van der Waals surface area contributed by atoms with E-state index >= 15 is 0 Å². The molecule has 5 heteroatoms. The number of hydrogen-bond acceptors (Lipinski definition) is 3. The molecule has 2 heterocycles. The third kappa shape index (κ3) is 5.43. The molecule has 1 N–H and O–H groups in total. The molecule has 1 aromatic carbocycles. The third-order valence-electron chi connectivity index (χ3n) is 4.91. The van der Waals surface area contributed by atoms with E-state index in [1.807, 2.05) is 40.6 Å². The summed E-state index contributed by atoms with van der Waals surface area (Å²) in [5, 5.41) is 5.06. The van der Waals surface area contributed by atoms with E-state index in [1.54, 1.807) is 11.3 Å². The van der Waals surface area contributed by atoms with E-state index in [-0.39, 0.29) is 17.7 Å². The van der Waals surface area contributed by atoms with Crippen molar-refractivity contribution in [2.45, 2.75) is 32.1 Å². The second kappa shape index (κ2) is 9.53. The van der Waals surface area contributed by atoms with Gasteiger partial charge in [0.2, 0.25) is 11.8 Å². The molecule has 1 aliphatic heterocycles. The first kappa shape index (κ1) is 18.6. The van der Waals surface area contributed by atoms with Crippen LogP contribution >= 0.6 is 11.3 Å². The van der Waals surface area contributed by atoms with Gasteiger partial charge in [-0.05, 0) is 42.7 Å². The minimum Gasteiger partial charge on any atom is -0.356 e. The fourth-order valence-corrected chi connectivity index (χ4v) is 4.05. The minimum atomic E-state index is 0.0394. The SMILES string of the molecule is O=C(NCCCc1ccccc1)C1CCN(C(=O)Cc2cccs2)CC1. The maximum absolute atomic E-state index is 12.3. The molecule has 1 saturated heterocycles. The van der Waals surface area contributed by atoms with Crippen LogP contribution in [0.2, 0.25) is 0 Å². The van der Waals surface area contributed by atoms with Crippen molar-refractivity contribution in [3.05, 3.63) is 58.3 Å². The summed E-state index contributed by atoms with van der Waals surface area (Å²) in [5.41, 5.74) is 1.30. The van der Waals surface area contributed by atoms with Crippen molar-refractivity contribution in [2.75, 3.05) is 19.6 Å². The summed E-state index contributed by atoms with van der Waals surface area (Å²) >= 11 is 1.62. The number of benzene rings is 1. The fraction of sp³-hybridized carbons (Fsp3) is 0.429. The molecule has 0 saturated carbocycles. The highest BCUT2D eigenvalue weighted by molar-refractivity contribution is 7.10. The molecule has 1 fully saturated rings. The molecule has 1 aromatic heterocycles. The Bertz CT molecular complexity index is 692. The number of nitrogens with one attached hydrogen (secondary N) is 1. The molecular weight excluding hydrogens is 344 g/mol. The van der Waals surface area contributed by atoms with Crippen LogP contribution in [0.4, 0.5) is 0 Å². The second-order valence-electron chi connectivity index (χ2n) is 6.79. The van der Waals surface area contributed by atoms with E-state index in [1.165, 1.54) is 5.56 Å². The maximum Gasteiger partial charge on any atom is 0.227 e. The van der Waals surface area contributed by atoms with Gasteiger partial charge in [0.15, 0.2) is 0 Å². The van der Waals surface area contributed by atoms with Gasteiger partial charge < -0.3 is 10.2 Å². The summed E-state index contributed by atoms with van der Waals surface area (Å²) in [6.45, 7) is 2.09. The Morgan fingerprint density at radius 1 is 1.08 bits per heavy atom. The summed E-state index contributed by atoms with van der Waals surface area (Å²) in [6, 6.07) is 14.3. The first-order chi connectivity index (χ1) is 12.7. The van der Waals surface area contributed by atoms with Crippen molar-refractivity contribution in [3.8, 4) is 0 Å². The van der Waals surface area contributed by atoms with Crippen LogP contribution in [0.3, 0.4) is 0 Å². The molecule has 2 aromatic rings. The number of rotatable bonds is 7. The Labute approximate surface area is 159 Å². The van der Waals surface area contributed by atoms with Crippen molar-refractivity contribution in [1.82, 2.24) is 10.2 Å². The van der Waals surface area contributed by atoms with Gasteiger partial charge in [-0.15, -0.1) is 11.3 Å². The molecule has 0 unspecified atom stereocenters. The molecule has 26 heavy (non-hydrogen) atoms. The molecule has 0 bridgehead atoms. The van der Waals surface area contributed by atoms with Gasteiger partial charge >= 0.3 is 0 Å². The van der Waals surface area contributed by atoms with Crippen molar-refractivity contribution in [3.63, 3.8) is 0 Å². The zero-order chi connectivity index (χ0) is 18.2. The normalized spacial score (nSPS) is 15.0. The van der Waals surface area contributed by atoms with E-state index in [0.717, 1.165) is 30.6 Å². The number of piperidine rings is 1. The third-order valence-corrected chi connectivity index (χ3v) is 5.78. The Balaban J connectivity index is 1.33. The first-order valence-electron chi connectivity index (χ1n) is 9.34. The van der Waals surface area contributed by atoms with Crippen LogP contribution in [0.5, 0.6) is 0 Å². The first-order valence-corrected chi connectivity index (χ1v) is 10.2. The van der Waals surface area contributed by atoms with Crippen LogP contribution in [0, 0.1) is 5.92 Å². The summed E-state index contributed by atoms with van der Waals surface area (Å²) in [5.74, 6) is 0.357. The van der Waals surface area contributed by atoms with E-state index < -0.39 is 0 Å². The lowest BCUT2D eigenvalue weighted by Crippen LogP contribution is -2.43. The van der Waals surface area contributed by atoms with E-state index in [9.17, 15) is 9.59 Å². The Morgan fingerprint density at radius 2 is 1.85 bits per heavy atom. The highest BCUT2D eigenvalue weighted by atomic mass is 32.1. The van der Waals surface area contributed by atoms with E-state index in [0.29, 0.717) is 26.1 Å². The van der Waals surface area contributed by atoms with Crippen LogP contribution in [0.25, 0.3) is 0 Å². The molecule has 0 radical (unpaired) electrons. The summed E-state index contributed by atoms with van der Waals surface area (Å²) in [7, 11) is 0. The van der Waals surface area contributed by atoms with Crippen molar-refractivity contribution in [1.29, 1.82) is 0 Å². The van der Waals surface area contributed by atoms with E-state index in [4.69, 9.17) is 0 Å². The second-order valence-corrected chi connectivity index (χ2v) is 7.82. The van der Waals surface area contributed by atoms with Crippen molar-refractivity contribution >= 4 is 23.2 Å². The van der Waals surface area contributed by atoms with Crippen LogP contribution in [0.1, 0.15) is 29.7 Å². The monoisotopic (exact) mass is 370 g/mol. The Morgan fingerprint density at radius 3 is 2.54 bits per heavy atom. The predicted octanol–water partition coefficient (Wildman–Crippen LogP) is 3.28. The molecule has 138 valence electrons. The fourth-order valence-electron chi connectivity index (χ4n) is 3.36. The molecule has 4 nitrogen and oxygen atoms in total. The Kier molecular flexibility index (Phi) is 6.83. The van der Waals surface area contributed by atoms with Gasteiger partial charge in [0.25, 0.3) is 0 Å². The molecule has 2 amide bonds. The van der Waals surface area contributed by atoms with Gasteiger partial charge in [0, 0.05) is 30.4 Å². The maximum atomic E-state index is 12.3. The highest BCUT2D eigenvalue weighted by Gasteiger charge is 2.27. The number of hydrogen-bond donors (Lipinski definition) is 1. The zero-order valence-electron chi connectivity index (χ0n) is 15.0. The molecule has 0 spiro atoms. The number of thiophene rings is 1. The summed E-state index contributed by atoms with van der Waals surface area (Å²) in [4.78, 5) is 27.7. The topological polar surface area (TPSA) is 49.4 Å². The average Bonchev–Trinajstić information content (AvgIpc) is 3.19. The number of amides is 2. The lowest BCUT2D eigenvalue weighted by atomic mass is 9.95. The average molecular weight is 371 g/mol. The van der Waals surface area contributed by atoms with Gasteiger partial charge in [-0.25, -0.2) is 0 Å². The standard InChI is InChI=1S/C21H26N2O2S/c24-20(16-19-9-5-15-26-19)23-13-10-18(11-14-23)21(25)22-12-4-8-17-6-2-1-3-7-17/h1-3,5-7,9,15,18H,4,8,10-14,16H2,(H,22,25).